The topological polar surface area (TPSA) is 87.5 Å². The van der Waals surface area contributed by atoms with Crippen molar-refractivity contribution in [2.45, 2.75) is 19.4 Å². The van der Waals surface area contributed by atoms with Crippen LogP contribution in [0.4, 0.5) is 0 Å². The van der Waals surface area contributed by atoms with Gasteiger partial charge in [-0.15, -0.1) is 0 Å². The Bertz CT molecular complexity index is 684. The molecular weight excluding hydrogens is 308 g/mol. The van der Waals surface area contributed by atoms with E-state index in [1.54, 1.807) is 24.9 Å². The summed E-state index contributed by atoms with van der Waals surface area (Å²) in [5, 5.41) is 16.0. The zero-order valence-electron chi connectivity index (χ0n) is 13.8. The highest BCUT2D eigenvalue weighted by Crippen LogP contribution is 2.07. The molecule has 0 aliphatic rings. The number of nitrogens with one attached hydrogen (secondary N) is 1. The van der Waals surface area contributed by atoms with Crippen molar-refractivity contribution in [1.29, 1.82) is 0 Å². The van der Waals surface area contributed by atoms with Crippen molar-refractivity contribution in [2.75, 3.05) is 20.1 Å². The van der Waals surface area contributed by atoms with Crippen molar-refractivity contribution < 1.29 is 14.7 Å². The fourth-order valence-corrected chi connectivity index (χ4v) is 2.17. The van der Waals surface area contributed by atoms with Gasteiger partial charge in [0.25, 0.3) is 0 Å². The Kier molecular flexibility index (Phi) is 6.08. The number of amides is 1. The fraction of sp³-hybridized carbons (Fsp3) is 0.353. The van der Waals surface area contributed by atoms with Crippen LogP contribution in [-0.2, 0) is 16.0 Å². The number of carbonyl (C=O) groups is 2. The van der Waals surface area contributed by atoms with Gasteiger partial charge in [0.2, 0.25) is 5.91 Å². The molecule has 1 atom stereocenters. The molecule has 2 rings (SSSR count). The van der Waals surface area contributed by atoms with E-state index in [2.05, 4.69) is 10.4 Å². The molecule has 2 N–H and O–H groups in total. The number of hydrogen-bond donors (Lipinski definition) is 2. The first-order valence-corrected chi connectivity index (χ1v) is 7.76. The fourth-order valence-electron chi connectivity index (χ4n) is 2.17. The Hall–Kier alpha value is -2.67. The van der Waals surface area contributed by atoms with Gasteiger partial charge < -0.3 is 10.4 Å². The number of nitrogens with zero attached hydrogens (tertiary/aromatic N) is 3. The first kappa shape index (κ1) is 17.7. The number of carbonyl (C=O) groups excluding carboxylic acids is 1. The Balaban J connectivity index is 1.77. The molecule has 1 aromatic carbocycles. The molecule has 0 fully saturated rings. The summed E-state index contributed by atoms with van der Waals surface area (Å²) in [6.07, 6.45) is 4.37. The van der Waals surface area contributed by atoms with Crippen LogP contribution >= 0.6 is 0 Å². The average molecular weight is 330 g/mol. The highest BCUT2D eigenvalue weighted by atomic mass is 16.4. The van der Waals surface area contributed by atoms with Gasteiger partial charge in [0.05, 0.1) is 18.4 Å². The van der Waals surface area contributed by atoms with Crippen LogP contribution in [0.25, 0.3) is 5.69 Å². The van der Waals surface area contributed by atoms with Gasteiger partial charge in [0, 0.05) is 12.7 Å². The lowest BCUT2D eigenvalue weighted by molar-refractivity contribution is -0.142. The van der Waals surface area contributed by atoms with Crippen LogP contribution in [0, 0.1) is 0 Å². The molecule has 7 nitrogen and oxygen atoms in total. The van der Waals surface area contributed by atoms with E-state index in [1.807, 2.05) is 36.5 Å². The first-order chi connectivity index (χ1) is 11.5. The third-order valence-corrected chi connectivity index (χ3v) is 3.80. The predicted octanol–water partition coefficient (Wildman–Crippen LogP) is 0.936. The monoisotopic (exact) mass is 330 g/mol. The molecular formula is C17H22N4O3. The summed E-state index contributed by atoms with van der Waals surface area (Å²) in [6, 6.07) is 9.10. The predicted molar refractivity (Wildman–Crippen MR) is 90.0 cm³/mol. The van der Waals surface area contributed by atoms with Crippen molar-refractivity contribution in [3.63, 3.8) is 0 Å². The number of aromatic nitrogens is 2. The summed E-state index contributed by atoms with van der Waals surface area (Å²) >= 11 is 0. The van der Waals surface area contributed by atoms with Gasteiger partial charge in [-0.2, -0.15) is 5.10 Å². The standard InChI is InChI=1S/C17H22N4O3/c1-13(17(23)24)20(2)12-16(22)18-9-8-14-10-19-21(11-14)15-6-4-3-5-7-15/h3-7,10-11,13H,8-9,12H2,1-2H3,(H,18,22)(H,23,24). The summed E-state index contributed by atoms with van der Waals surface area (Å²) in [5.41, 5.74) is 2.00. The maximum absolute atomic E-state index is 11.8. The van der Waals surface area contributed by atoms with Crippen LogP contribution in [0.1, 0.15) is 12.5 Å². The molecule has 2 aromatic rings. The van der Waals surface area contributed by atoms with E-state index >= 15 is 0 Å². The van der Waals surface area contributed by atoms with E-state index < -0.39 is 12.0 Å². The number of carboxylic acid groups (broad SMARTS) is 1. The van der Waals surface area contributed by atoms with Crippen molar-refractivity contribution in [1.82, 2.24) is 20.0 Å². The summed E-state index contributed by atoms with van der Waals surface area (Å²) in [4.78, 5) is 24.2. The number of rotatable bonds is 8. The van der Waals surface area contributed by atoms with Crippen LogP contribution in [0.5, 0.6) is 0 Å². The Morgan fingerprint density at radius 1 is 1.33 bits per heavy atom. The highest BCUT2D eigenvalue weighted by molar-refractivity contribution is 5.79. The molecule has 1 amide bonds. The molecule has 0 aliphatic carbocycles. The molecule has 7 heteroatoms. The molecule has 1 heterocycles. The van der Waals surface area contributed by atoms with Crippen molar-refractivity contribution in [3.8, 4) is 5.69 Å². The Morgan fingerprint density at radius 2 is 2.04 bits per heavy atom. The first-order valence-electron chi connectivity index (χ1n) is 7.76. The number of hydrogen-bond acceptors (Lipinski definition) is 4. The lowest BCUT2D eigenvalue weighted by Gasteiger charge is -2.20. The number of likely N-dealkylation sites (N-methyl/N-ethyl adjacent to an activating group) is 1. The maximum Gasteiger partial charge on any atom is 0.320 e. The average Bonchev–Trinajstić information content (AvgIpc) is 3.03. The lowest BCUT2D eigenvalue weighted by Crippen LogP contribution is -2.43. The molecule has 0 radical (unpaired) electrons. The quantitative estimate of drug-likeness (QED) is 0.752. The van der Waals surface area contributed by atoms with Crippen LogP contribution in [0.15, 0.2) is 42.7 Å². The summed E-state index contributed by atoms with van der Waals surface area (Å²) < 4.78 is 1.79. The molecule has 1 unspecified atom stereocenters. The zero-order chi connectivity index (χ0) is 17.5. The number of benzene rings is 1. The summed E-state index contributed by atoms with van der Waals surface area (Å²) in [6.45, 7) is 2.08. The van der Waals surface area contributed by atoms with Gasteiger partial charge in [0.1, 0.15) is 6.04 Å². The molecule has 0 spiro atoms. The SMILES string of the molecule is CC(C(=O)O)N(C)CC(=O)NCCc1cnn(-c2ccccc2)c1. The maximum atomic E-state index is 11.8. The molecule has 0 saturated carbocycles. The van der Waals surface area contributed by atoms with Gasteiger partial charge in [-0.05, 0) is 38.1 Å². The van der Waals surface area contributed by atoms with Crippen molar-refractivity contribution >= 4 is 11.9 Å². The molecule has 24 heavy (non-hydrogen) atoms. The third kappa shape index (κ3) is 4.92. The molecule has 0 bridgehead atoms. The lowest BCUT2D eigenvalue weighted by atomic mass is 10.2. The van der Waals surface area contributed by atoms with Gasteiger partial charge in [-0.1, -0.05) is 18.2 Å². The van der Waals surface area contributed by atoms with Crippen molar-refractivity contribution in [2.24, 2.45) is 0 Å². The molecule has 0 saturated heterocycles. The minimum absolute atomic E-state index is 0.0523. The van der Waals surface area contributed by atoms with Crippen molar-refractivity contribution in [3.05, 3.63) is 48.3 Å². The van der Waals surface area contributed by atoms with Crippen LogP contribution in [0.2, 0.25) is 0 Å². The Morgan fingerprint density at radius 3 is 2.71 bits per heavy atom. The van der Waals surface area contributed by atoms with E-state index in [4.69, 9.17) is 5.11 Å². The van der Waals surface area contributed by atoms with Crippen LogP contribution in [0.3, 0.4) is 0 Å². The van der Waals surface area contributed by atoms with Gasteiger partial charge in [-0.3, -0.25) is 14.5 Å². The second kappa shape index (κ2) is 8.26. The summed E-state index contributed by atoms with van der Waals surface area (Å²) in [7, 11) is 1.61. The van der Waals surface area contributed by atoms with E-state index in [-0.39, 0.29) is 12.5 Å². The zero-order valence-corrected chi connectivity index (χ0v) is 13.8. The second-order valence-electron chi connectivity index (χ2n) is 5.66. The third-order valence-electron chi connectivity index (χ3n) is 3.80. The van der Waals surface area contributed by atoms with E-state index in [1.165, 1.54) is 4.90 Å². The molecule has 0 aliphatic heterocycles. The van der Waals surface area contributed by atoms with E-state index in [9.17, 15) is 9.59 Å². The normalized spacial score (nSPS) is 12.1. The number of para-hydroxylation sites is 1. The second-order valence-corrected chi connectivity index (χ2v) is 5.66. The van der Waals surface area contributed by atoms with Gasteiger partial charge >= 0.3 is 5.97 Å². The van der Waals surface area contributed by atoms with Crippen LogP contribution in [-0.4, -0.2) is 57.8 Å². The van der Waals surface area contributed by atoms with Crippen LogP contribution < -0.4 is 5.32 Å². The molecule has 1 aromatic heterocycles. The highest BCUT2D eigenvalue weighted by Gasteiger charge is 2.18. The Labute approximate surface area is 140 Å². The summed E-state index contributed by atoms with van der Waals surface area (Å²) in [5.74, 6) is -1.14. The smallest absolute Gasteiger partial charge is 0.320 e. The number of carboxylic acids is 1. The van der Waals surface area contributed by atoms with E-state index in [0.717, 1.165) is 11.3 Å². The number of aliphatic carboxylic acids is 1. The largest absolute Gasteiger partial charge is 0.480 e. The minimum Gasteiger partial charge on any atom is -0.480 e. The van der Waals surface area contributed by atoms with E-state index in [0.29, 0.717) is 13.0 Å². The molecule has 128 valence electrons. The minimum atomic E-state index is -0.946. The van der Waals surface area contributed by atoms with Gasteiger partial charge in [0.15, 0.2) is 0 Å². The van der Waals surface area contributed by atoms with Gasteiger partial charge in [-0.25, -0.2) is 4.68 Å².